The summed E-state index contributed by atoms with van der Waals surface area (Å²) in [5, 5.41) is 6.13. The van der Waals surface area contributed by atoms with Crippen LogP contribution in [0.4, 0.5) is 13.2 Å². The summed E-state index contributed by atoms with van der Waals surface area (Å²) in [4.78, 5) is 36.6. The van der Waals surface area contributed by atoms with Crippen LogP contribution in [0.25, 0.3) is 0 Å². The first-order chi connectivity index (χ1) is 16.1. The highest BCUT2D eigenvalue weighted by molar-refractivity contribution is 7.13. The molecule has 0 unspecified atom stereocenters. The lowest BCUT2D eigenvalue weighted by Crippen LogP contribution is -2.37. The molecule has 3 aromatic rings. The number of benzene rings is 1. The number of carbonyl (C=O) groups excluding carboxylic acids is 2. The predicted molar refractivity (Wildman–Crippen MR) is 124 cm³/mol. The number of carbonyl (C=O) groups is 2. The molecule has 180 valence electrons. The van der Waals surface area contributed by atoms with E-state index in [1.807, 2.05) is 18.7 Å². The highest BCUT2D eigenvalue weighted by Gasteiger charge is 2.30. The molecule has 6 nitrogen and oxygen atoms in total. The SMILES string of the molecule is Cc1nc(C)c(C(=O)N2CCC(c3nc(C(=O)NCc4ccc(C(F)(F)F)cc4)cs3)CC2)s1. The van der Waals surface area contributed by atoms with Crippen LogP contribution in [0, 0.1) is 13.8 Å². The second kappa shape index (κ2) is 9.83. The lowest BCUT2D eigenvalue weighted by atomic mass is 9.97. The molecule has 1 aromatic carbocycles. The molecular formula is C23H23F3N4O2S2. The average molecular weight is 509 g/mol. The average Bonchev–Trinajstić information content (AvgIpc) is 3.43. The third kappa shape index (κ3) is 5.47. The van der Waals surface area contributed by atoms with E-state index < -0.39 is 11.7 Å². The highest BCUT2D eigenvalue weighted by atomic mass is 32.1. The molecule has 1 aliphatic rings. The van der Waals surface area contributed by atoms with Gasteiger partial charge in [0.15, 0.2) is 0 Å². The summed E-state index contributed by atoms with van der Waals surface area (Å²) < 4.78 is 38.0. The molecule has 34 heavy (non-hydrogen) atoms. The Morgan fingerprint density at radius 3 is 2.38 bits per heavy atom. The number of halogens is 3. The topological polar surface area (TPSA) is 75.2 Å². The Morgan fingerprint density at radius 2 is 1.79 bits per heavy atom. The molecule has 0 aliphatic carbocycles. The number of nitrogens with one attached hydrogen (secondary N) is 1. The third-order valence-electron chi connectivity index (χ3n) is 5.72. The third-order valence-corrected chi connectivity index (χ3v) is 7.79. The molecule has 0 saturated carbocycles. The molecule has 0 radical (unpaired) electrons. The first-order valence-corrected chi connectivity index (χ1v) is 12.4. The van der Waals surface area contributed by atoms with E-state index in [0.717, 1.165) is 40.7 Å². The number of rotatable bonds is 5. The van der Waals surface area contributed by atoms with Gasteiger partial charge in [-0.2, -0.15) is 13.2 Å². The molecule has 0 bridgehead atoms. The van der Waals surface area contributed by atoms with E-state index in [9.17, 15) is 22.8 Å². The molecule has 1 fully saturated rings. The standard InChI is InChI=1S/C23H23F3N4O2S2/c1-13-19(34-14(2)28-13)22(32)30-9-7-16(8-10-30)21-29-18(12-33-21)20(31)27-11-15-3-5-17(6-4-15)23(24,25)26/h3-6,12,16H,7-11H2,1-2H3,(H,27,31). The number of hydrogen-bond acceptors (Lipinski definition) is 6. The van der Waals surface area contributed by atoms with Gasteiger partial charge in [-0.05, 0) is 44.4 Å². The Bertz CT molecular complexity index is 1180. The van der Waals surface area contributed by atoms with Crippen molar-refractivity contribution in [3.05, 3.63) is 67.1 Å². The summed E-state index contributed by atoms with van der Waals surface area (Å²) in [7, 11) is 0. The Hall–Kier alpha value is -2.79. The van der Waals surface area contributed by atoms with Crippen LogP contribution in [0.1, 0.15) is 65.8 Å². The number of aryl methyl sites for hydroxylation is 2. The van der Waals surface area contributed by atoms with Crippen LogP contribution < -0.4 is 5.32 Å². The fourth-order valence-electron chi connectivity index (χ4n) is 3.87. The first kappa shape index (κ1) is 24.3. The van der Waals surface area contributed by atoms with Gasteiger partial charge in [0.05, 0.1) is 21.3 Å². The molecule has 1 N–H and O–H groups in total. The molecule has 1 saturated heterocycles. The number of hydrogen-bond donors (Lipinski definition) is 1. The molecule has 1 aliphatic heterocycles. The molecule has 0 spiro atoms. The van der Waals surface area contributed by atoms with Gasteiger partial charge in [-0.1, -0.05) is 12.1 Å². The molecule has 2 aromatic heterocycles. The minimum absolute atomic E-state index is 0.0176. The smallest absolute Gasteiger partial charge is 0.347 e. The second-order valence-corrected chi connectivity index (χ2v) is 10.3. The zero-order valence-corrected chi connectivity index (χ0v) is 20.2. The fourth-order valence-corrected chi connectivity index (χ4v) is 5.73. The normalized spacial score (nSPS) is 14.9. The number of likely N-dealkylation sites (tertiary alicyclic amines) is 1. The first-order valence-electron chi connectivity index (χ1n) is 10.7. The van der Waals surface area contributed by atoms with Crippen LogP contribution in [0.3, 0.4) is 0 Å². The molecule has 2 amide bonds. The highest BCUT2D eigenvalue weighted by Crippen LogP contribution is 2.32. The maximum absolute atomic E-state index is 12.8. The number of piperidine rings is 1. The zero-order chi connectivity index (χ0) is 24.5. The predicted octanol–water partition coefficient (Wildman–Crippen LogP) is 5.19. The van der Waals surface area contributed by atoms with Gasteiger partial charge < -0.3 is 10.2 Å². The maximum atomic E-state index is 12.8. The summed E-state index contributed by atoms with van der Waals surface area (Å²) in [5.41, 5.74) is 0.902. The monoisotopic (exact) mass is 508 g/mol. The van der Waals surface area contributed by atoms with Crippen LogP contribution in [0.15, 0.2) is 29.6 Å². The summed E-state index contributed by atoms with van der Waals surface area (Å²) in [6, 6.07) is 4.69. The van der Waals surface area contributed by atoms with Gasteiger partial charge in [-0.3, -0.25) is 9.59 Å². The van der Waals surface area contributed by atoms with Gasteiger partial charge >= 0.3 is 6.18 Å². The van der Waals surface area contributed by atoms with Crippen molar-refractivity contribution >= 4 is 34.5 Å². The summed E-state index contributed by atoms with van der Waals surface area (Å²) in [6.45, 7) is 5.09. The Labute approximate surface area is 202 Å². The number of alkyl halides is 3. The Kier molecular flexibility index (Phi) is 7.04. The van der Waals surface area contributed by atoms with E-state index in [0.29, 0.717) is 29.2 Å². The van der Waals surface area contributed by atoms with Crippen LogP contribution in [0.5, 0.6) is 0 Å². The van der Waals surface area contributed by atoms with Crippen LogP contribution in [-0.2, 0) is 12.7 Å². The van der Waals surface area contributed by atoms with Crippen molar-refractivity contribution in [3.63, 3.8) is 0 Å². The molecule has 4 rings (SSSR count). The van der Waals surface area contributed by atoms with Crippen molar-refractivity contribution in [1.29, 1.82) is 0 Å². The number of amides is 2. The van der Waals surface area contributed by atoms with Gasteiger partial charge in [-0.15, -0.1) is 22.7 Å². The van der Waals surface area contributed by atoms with Gasteiger partial charge in [-0.25, -0.2) is 9.97 Å². The summed E-state index contributed by atoms with van der Waals surface area (Å²) >= 11 is 2.83. The van der Waals surface area contributed by atoms with Gasteiger partial charge in [0.2, 0.25) is 0 Å². The Morgan fingerprint density at radius 1 is 1.12 bits per heavy atom. The maximum Gasteiger partial charge on any atom is 0.416 e. The van der Waals surface area contributed by atoms with Gasteiger partial charge in [0, 0.05) is 30.9 Å². The van der Waals surface area contributed by atoms with Crippen molar-refractivity contribution in [2.24, 2.45) is 0 Å². The molecule has 3 heterocycles. The largest absolute Gasteiger partial charge is 0.416 e. The molecular weight excluding hydrogens is 485 g/mol. The van der Waals surface area contributed by atoms with Crippen molar-refractivity contribution < 1.29 is 22.8 Å². The van der Waals surface area contributed by atoms with E-state index in [2.05, 4.69) is 15.3 Å². The van der Waals surface area contributed by atoms with Crippen molar-refractivity contribution in [1.82, 2.24) is 20.2 Å². The van der Waals surface area contributed by atoms with Gasteiger partial charge in [0.25, 0.3) is 11.8 Å². The summed E-state index contributed by atoms with van der Waals surface area (Å²) in [6.07, 6.45) is -2.85. The minimum Gasteiger partial charge on any atom is -0.347 e. The summed E-state index contributed by atoms with van der Waals surface area (Å²) in [5.74, 6) is -0.176. The van der Waals surface area contributed by atoms with Crippen molar-refractivity contribution in [2.45, 2.75) is 45.3 Å². The number of aromatic nitrogens is 2. The minimum atomic E-state index is -4.39. The van der Waals surface area contributed by atoms with Crippen LogP contribution in [0.2, 0.25) is 0 Å². The zero-order valence-electron chi connectivity index (χ0n) is 18.6. The van der Waals surface area contributed by atoms with Crippen LogP contribution >= 0.6 is 22.7 Å². The lowest BCUT2D eigenvalue weighted by molar-refractivity contribution is -0.137. The molecule has 11 heteroatoms. The number of thiazole rings is 2. The number of nitrogens with zero attached hydrogens (tertiary/aromatic N) is 3. The van der Waals surface area contributed by atoms with E-state index in [-0.39, 0.29) is 24.3 Å². The van der Waals surface area contributed by atoms with Crippen molar-refractivity contribution in [3.8, 4) is 0 Å². The Balaban J connectivity index is 1.30. The quantitative estimate of drug-likeness (QED) is 0.515. The van der Waals surface area contributed by atoms with E-state index in [1.54, 1.807) is 5.38 Å². The van der Waals surface area contributed by atoms with E-state index >= 15 is 0 Å². The van der Waals surface area contributed by atoms with E-state index in [1.165, 1.54) is 34.8 Å². The molecule has 0 atom stereocenters. The second-order valence-electron chi connectivity index (χ2n) is 8.16. The lowest BCUT2D eigenvalue weighted by Gasteiger charge is -2.30. The van der Waals surface area contributed by atoms with Crippen LogP contribution in [-0.4, -0.2) is 39.8 Å². The van der Waals surface area contributed by atoms with E-state index in [4.69, 9.17) is 0 Å². The van der Waals surface area contributed by atoms with Gasteiger partial charge in [0.1, 0.15) is 10.6 Å². The van der Waals surface area contributed by atoms with Crippen molar-refractivity contribution in [2.75, 3.05) is 13.1 Å². The fraction of sp³-hybridized carbons (Fsp3) is 0.391.